The number of ketones is 1. The third kappa shape index (κ3) is 10.8. The van der Waals surface area contributed by atoms with E-state index in [1.54, 1.807) is 25.1 Å². The van der Waals surface area contributed by atoms with Crippen LogP contribution in [0.25, 0.3) is 6.08 Å². The van der Waals surface area contributed by atoms with Gasteiger partial charge in [0.15, 0.2) is 11.5 Å². The summed E-state index contributed by atoms with van der Waals surface area (Å²) < 4.78 is 22.7. The van der Waals surface area contributed by atoms with Crippen LogP contribution in [0.4, 0.5) is 5.69 Å². The van der Waals surface area contributed by atoms with Crippen molar-refractivity contribution >= 4 is 29.4 Å². The molecule has 3 atom stereocenters. The average molecular weight is 786 g/mol. The number of nitrogens with zero attached hydrogens (tertiary/aromatic N) is 2. The molecule has 2 aliphatic rings. The van der Waals surface area contributed by atoms with Gasteiger partial charge >= 0.3 is 5.97 Å². The Kier molecular flexibility index (Phi) is 15.3. The molecule has 5 rings (SSSR count). The molecule has 0 aliphatic carbocycles. The first-order chi connectivity index (χ1) is 27.4. The lowest BCUT2D eigenvalue weighted by molar-refractivity contribution is -0.121. The van der Waals surface area contributed by atoms with Gasteiger partial charge in [-0.05, 0) is 106 Å². The second-order valence-electron chi connectivity index (χ2n) is 15.2. The number of allylic oxidation sites excluding steroid dienone is 1. The number of carbonyl (C=O) groups excluding carboxylic acids is 3. The van der Waals surface area contributed by atoms with Crippen molar-refractivity contribution in [2.45, 2.75) is 89.2 Å². The third-order valence-electron chi connectivity index (χ3n) is 11.0. The van der Waals surface area contributed by atoms with E-state index in [1.165, 1.54) is 33.8 Å². The number of nitrogens with one attached hydrogen (secondary N) is 1. The summed E-state index contributed by atoms with van der Waals surface area (Å²) in [7, 11) is 8.45. The second kappa shape index (κ2) is 20.3. The van der Waals surface area contributed by atoms with Crippen LogP contribution in [0.2, 0.25) is 0 Å². The number of phenols is 2. The number of likely N-dealkylation sites (tertiary alicyclic amines) is 1. The molecule has 308 valence electrons. The smallest absolute Gasteiger partial charge is 0.342 e. The van der Waals surface area contributed by atoms with Gasteiger partial charge in [-0.15, -0.1) is 0 Å². The Hall–Kier alpha value is -5.23. The van der Waals surface area contributed by atoms with Gasteiger partial charge in [0.1, 0.15) is 22.8 Å². The van der Waals surface area contributed by atoms with Gasteiger partial charge < -0.3 is 39.4 Å². The van der Waals surface area contributed by atoms with E-state index in [0.717, 1.165) is 37.2 Å². The number of rotatable bonds is 12. The van der Waals surface area contributed by atoms with E-state index in [0.29, 0.717) is 67.9 Å². The van der Waals surface area contributed by atoms with Gasteiger partial charge in [-0.3, -0.25) is 14.5 Å². The van der Waals surface area contributed by atoms with Gasteiger partial charge in [0.05, 0.1) is 33.5 Å². The van der Waals surface area contributed by atoms with E-state index in [-0.39, 0.29) is 46.6 Å². The fourth-order valence-corrected chi connectivity index (χ4v) is 7.86. The molecule has 3 unspecified atom stereocenters. The highest BCUT2D eigenvalue weighted by molar-refractivity contribution is 5.98. The number of benzene rings is 3. The molecule has 0 aromatic heterocycles. The summed E-state index contributed by atoms with van der Waals surface area (Å²) in [5.74, 6) is -1.76. The van der Waals surface area contributed by atoms with Crippen molar-refractivity contribution in [2.75, 3.05) is 60.0 Å². The Morgan fingerprint density at radius 2 is 1.58 bits per heavy atom. The number of fused-ring (bicyclic) bond motifs is 1. The fourth-order valence-electron chi connectivity index (χ4n) is 7.86. The summed E-state index contributed by atoms with van der Waals surface area (Å²) >= 11 is 0. The monoisotopic (exact) mass is 785 g/mol. The van der Waals surface area contributed by atoms with Crippen LogP contribution in [-0.2, 0) is 14.3 Å². The fraction of sp³-hybridized carbons (Fsp3) is 0.489. The zero-order valence-electron chi connectivity index (χ0n) is 34.3. The zero-order valence-corrected chi connectivity index (χ0v) is 34.3. The molecule has 12 nitrogen and oxygen atoms in total. The van der Waals surface area contributed by atoms with E-state index in [1.807, 2.05) is 25.1 Å². The topological polar surface area (TPSA) is 147 Å². The maximum Gasteiger partial charge on any atom is 0.342 e. The Labute approximate surface area is 336 Å². The maximum atomic E-state index is 14.2. The van der Waals surface area contributed by atoms with Crippen LogP contribution in [0, 0.1) is 0 Å². The summed E-state index contributed by atoms with van der Waals surface area (Å²) in [6.45, 7) is 3.92. The van der Waals surface area contributed by atoms with Crippen LogP contribution in [0.5, 0.6) is 28.7 Å². The average Bonchev–Trinajstić information content (AvgIpc) is 3.19. The first-order valence-electron chi connectivity index (χ1n) is 20.0. The Morgan fingerprint density at radius 1 is 0.912 bits per heavy atom. The molecule has 57 heavy (non-hydrogen) atoms. The van der Waals surface area contributed by atoms with Crippen LogP contribution in [0.3, 0.4) is 0 Å². The highest BCUT2D eigenvalue weighted by Crippen LogP contribution is 2.48. The van der Waals surface area contributed by atoms with Crippen LogP contribution in [-0.4, -0.2) is 93.9 Å². The summed E-state index contributed by atoms with van der Waals surface area (Å²) in [6.07, 6.45) is 9.14. The van der Waals surface area contributed by atoms with Gasteiger partial charge in [-0.2, -0.15) is 0 Å². The van der Waals surface area contributed by atoms with E-state index in [2.05, 4.69) is 34.5 Å². The van der Waals surface area contributed by atoms with Crippen LogP contribution in [0.15, 0.2) is 48.5 Å². The molecule has 1 saturated heterocycles. The number of piperidine rings is 1. The number of Topliss-reactive ketones (excluding diaryl/α,β-unsaturated/α-hetero) is 1. The summed E-state index contributed by atoms with van der Waals surface area (Å²) in [6, 6.07) is 13.1. The normalized spacial score (nSPS) is 18.0. The van der Waals surface area contributed by atoms with Crippen molar-refractivity contribution in [3.63, 3.8) is 0 Å². The molecule has 3 aromatic rings. The number of aromatic hydroxyl groups is 2. The zero-order chi connectivity index (χ0) is 41.1. The van der Waals surface area contributed by atoms with Gasteiger partial charge in [0.2, 0.25) is 11.7 Å². The molecular weight excluding hydrogens is 727 g/mol. The van der Waals surface area contributed by atoms with Crippen LogP contribution < -0.4 is 24.4 Å². The van der Waals surface area contributed by atoms with Gasteiger partial charge in [0.25, 0.3) is 0 Å². The third-order valence-corrected chi connectivity index (χ3v) is 11.0. The molecule has 1 fully saturated rings. The lowest BCUT2D eigenvalue weighted by atomic mass is 9.84. The predicted octanol–water partition coefficient (Wildman–Crippen LogP) is 7.54. The number of carbonyl (C=O) groups is 3. The van der Waals surface area contributed by atoms with E-state index in [4.69, 9.17) is 18.9 Å². The van der Waals surface area contributed by atoms with Crippen molar-refractivity contribution in [2.24, 2.45) is 0 Å². The minimum absolute atomic E-state index is 0.0188. The molecule has 1 amide bonds. The minimum Gasteiger partial charge on any atom is -0.507 e. The highest BCUT2D eigenvalue weighted by atomic mass is 16.5. The number of ether oxygens (including phenoxy) is 4. The summed E-state index contributed by atoms with van der Waals surface area (Å²) in [5.41, 5.74) is 2.76. The SMILES string of the molecule is COc1cc(C(CC(=O)NCC(c2ccc(N(C)C)cc2)N2CCCCC2)c2c(O)cc3c(c2O)C(=O)OC(C)CCCC(=O)CCCC=C3)cc(OC)c1OC. The van der Waals surface area contributed by atoms with Crippen molar-refractivity contribution in [3.8, 4) is 28.7 Å². The maximum absolute atomic E-state index is 14.2. The lowest BCUT2D eigenvalue weighted by Crippen LogP contribution is -2.41. The van der Waals surface area contributed by atoms with Gasteiger partial charge in [-0.1, -0.05) is 30.7 Å². The molecule has 3 N–H and O–H groups in total. The molecule has 2 heterocycles. The largest absolute Gasteiger partial charge is 0.507 e. The molecule has 0 radical (unpaired) electrons. The number of esters is 1. The Morgan fingerprint density at radius 3 is 2.21 bits per heavy atom. The van der Waals surface area contributed by atoms with Crippen molar-refractivity contribution in [3.05, 3.63) is 76.4 Å². The first kappa shape index (κ1) is 42.9. The number of anilines is 1. The van der Waals surface area contributed by atoms with E-state index >= 15 is 0 Å². The first-order valence-corrected chi connectivity index (χ1v) is 20.0. The number of amides is 1. The second-order valence-corrected chi connectivity index (χ2v) is 15.2. The van der Waals surface area contributed by atoms with Crippen molar-refractivity contribution < 1.29 is 43.5 Å². The molecule has 0 spiro atoms. The number of methoxy groups -OCH3 is 3. The van der Waals surface area contributed by atoms with Crippen molar-refractivity contribution in [1.29, 1.82) is 0 Å². The van der Waals surface area contributed by atoms with E-state index in [9.17, 15) is 24.6 Å². The summed E-state index contributed by atoms with van der Waals surface area (Å²) in [4.78, 5) is 44.9. The number of hydrogen-bond donors (Lipinski definition) is 3. The quantitative estimate of drug-likeness (QED) is 0.157. The molecular formula is C45H59N3O9. The lowest BCUT2D eigenvalue weighted by Gasteiger charge is -2.35. The minimum atomic E-state index is -0.981. The molecule has 0 bridgehead atoms. The standard InChI is InChI=1S/C45H59N3O9/c1-29-14-13-17-34(49)16-10-7-9-15-31-24-37(50)42(43(52)41(31)45(53)57-29)35(32-25-38(54-4)44(56-6)39(26-32)55-5)27-40(51)46-28-36(48-22-11-8-12-23-48)30-18-20-33(21-19-30)47(2)3/h9,15,18-21,24-26,29,35-36,50,52H,7-8,10-14,16-17,22-23,27-28H2,1-6H3,(H,46,51). The van der Waals surface area contributed by atoms with E-state index < -0.39 is 23.7 Å². The van der Waals surface area contributed by atoms with Crippen molar-refractivity contribution in [1.82, 2.24) is 10.2 Å². The van der Waals surface area contributed by atoms with Gasteiger partial charge in [-0.25, -0.2) is 4.79 Å². The van der Waals surface area contributed by atoms with Crippen LogP contribution >= 0.6 is 0 Å². The molecule has 0 saturated carbocycles. The Bertz CT molecular complexity index is 1860. The van der Waals surface area contributed by atoms with Gasteiger partial charge in [0, 0.05) is 57.1 Å². The highest BCUT2D eigenvalue weighted by Gasteiger charge is 2.33. The van der Waals surface area contributed by atoms with Crippen LogP contribution in [0.1, 0.15) is 116 Å². The Balaban J connectivity index is 1.56. The summed E-state index contributed by atoms with van der Waals surface area (Å²) in [5, 5.41) is 27.1. The number of hydrogen-bond acceptors (Lipinski definition) is 11. The molecule has 2 aliphatic heterocycles. The molecule has 12 heteroatoms. The number of phenolic OH excluding ortho intramolecular Hbond substituents is 2. The number of cyclic esters (lactones) is 1. The predicted molar refractivity (Wildman–Crippen MR) is 221 cm³/mol. The molecule has 3 aromatic carbocycles.